The summed E-state index contributed by atoms with van der Waals surface area (Å²) in [5, 5.41) is 8.03. The fourth-order valence-corrected chi connectivity index (χ4v) is 2.55. The van der Waals surface area contributed by atoms with Gasteiger partial charge in [-0.25, -0.2) is 0 Å². The normalized spacial score (nSPS) is 13.3. The average Bonchev–Trinajstić information content (AvgIpc) is 2.83. The van der Waals surface area contributed by atoms with Gasteiger partial charge in [0.05, 0.1) is 12.7 Å². The number of hydrogen-bond acceptors (Lipinski definition) is 2. The molecule has 1 atom stereocenters. The Morgan fingerprint density at radius 1 is 1.19 bits per heavy atom. The van der Waals surface area contributed by atoms with Gasteiger partial charge in [0.1, 0.15) is 0 Å². The zero-order valence-corrected chi connectivity index (χ0v) is 13.6. The van der Waals surface area contributed by atoms with Gasteiger partial charge in [0.15, 0.2) is 0 Å². The van der Waals surface area contributed by atoms with Gasteiger partial charge in [0.25, 0.3) is 0 Å². The quantitative estimate of drug-likeness (QED) is 0.870. The molecule has 2 rings (SSSR count). The van der Waals surface area contributed by atoms with Crippen LogP contribution in [-0.2, 0) is 6.54 Å². The zero-order chi connectivity index (χ0) is 15.3. The minimum atomic E-state index is 0.301. The van der Waals surface area contributed by atoms with Crippen molar-refractivity contribution in [2.75, 3.05) is 6.54 Å². The first-order valence-electron chi connectivity index (χ1n) is 7.71. The van der Waals surface area contributed by atoms with Gasteiger partial charge in [-0.1, -0.05) is 51.1 Å². The first-order chi connectivity index (χ1) is 9.94. The molecule has 0 amide bonds. The SMILES string of the molecule is Cc1cnn(CCNC(CC(C)(C)C)c2ccccc2)c1. The van der Waals surface area contributed by atoms with Gasteiger partial charge in [-0.05, 0) is 29.9 Å². The Hall–Kier alpha value is -1.61. The van der Waals surface area contributed by atoms with Crippen LogP contribution < -0.4 is 5.32 Å². The van der Waals surface area contributed by atoms with Crippen molar-refractivity contribution >= 4 is 0 Å². The third kappa shape index (κ3) is 5.35. The number of nitrogens with one attached hydrogen (secondary N) is 1. The molecule has 1 N–H and O–H groups in total. The lowest BCUT2D eigenvalue weighted by atomic mass is 9.85. The van der Waals surface area contributed by atoms with Crippen LogP contribution in [-0.4, -0.2) is 16.3 Å². The van der Waals surface area contributed by atoms with Gasteiger partial charge in [-0.3, -0.25) is 4.68 Å². The molecule has 1 heterocycles. The van der Waals surface area contributed by atoms with E-state index in [9.17, 15) is 0 Å². The minimum absolute atomic E-state index is 0.301. The van der Waals surface area contributed by atoms with Crippen molar-refractivity contribution < 1.29 is 0 Å². The van der Waals surface area contributed by atoms with Crippen molar-refractivity contribution in [3.05, 3.63) is 53.9 Å². The third-order valence-electron chi connectivity index (χ3n) is 3.51. The summed E-state index contributed by atoms with van der Waals surface area (Å²) < 4.78 is 2.00. The first kappa shape index (κ1) is 15.8. The summed E-state index contributed by atoms with van der Waals surface area (Å²) in [5.74, 6) is 0. The van der Waals surface area contributed by atoms with Crippen LogP contribution in [0, 0.1) is 12.3 Å². The van der Waals surface area contributed by atoms with Crippen LogP contribution in [0.25, 0.3) is 0 Å². The number of hydrogen-bond donors (Lipinski definition) is 1. The maximum absolute atomic E-state index is 4.34. The monoisotopic (exact) mass is 285 g/mol. The Morgan fingerprint density at radius 2 is 1.90 bits per heavy atom. The molecule has 1 aromatic carbocycles. The highest BCUT2D eigenvalue weighted by molar-refractivity contribution is 5.19. The van der Waals surface area contributed by atoms with E-state index in [1.165, 1.54) is 11.1 Å². The van der Waals surface area contributed by atoms with Crippen LogP contribution in [0.4, 0.5) is 0 Å². The van der Waals surface area contributed by atoms with E-state index in [4.69, 9.17) is 0 Å². The van der Waals surface area contributed by atoms with Gasteiger partial charge in [-0.15, -0.1) is 0 Å². The molecule has 3 nitrogen and oxygen atoms in total. The molecule has 0 radical (unpaired) electrons. The topological polar surface area (TPSA) is 29.9 Å². The Kier molecular flexibility index (Phi) is 5.18. The van der Waals surface area contributed by atoms with Crippen molar-refractivity contribution in [3.8, 4) is 0 Å². The minimum Gasteiger partial charge on any atom is -0.308 e. The van der Waals surface area contributed by atoms with Crippen LogP contribution >= 0.6 is 0 Å². The van der Waals surface area contributed by atoms with Crippen molar-refractivity contribution in [1.29, 1.82) is 0 Å². The van der Waals surface area contributed by atoms with E-state index in [-0.39, 0.29) is 0 Å². The maximum atomic E-state index is 4.34. The molecule has 1 unspecified atom stereocenters. The Labute approximate surface area is 128 Å². The summed E-state index contributed by atoms with van der Waals surface area (Å²) >= 11 is 0. The Balaban J connectivity index is 1.96. The third-order valence-corrected chi connectivity index (χ3v) is 3.51. The van der Waals surface area contributed by atoms with Crippen molar-refractivity contribution in [2.45, 2.75) is 46.7 Å². The van der Waals surface area contributed by atoms with Crippen molar-refractivity contribution in [2.24, 2.45) is 5.41 Å². The van der Waals surface area contributed by atoms with E-state index in [0.717, 1.165) is 19.5 Å². The standard InChI is InChI=1S/C18H27N3/c1-15-13-20-21(14-15)11-10-19-17(12-18(2,3)4)16-8-6-5-7-9-16/h5-9,13-14,17,19H,10-12H2,1-4H3. The van der Waals surface area contributed by atoms with Gasteiger partial charge in [0.2, 0.25) is 0 Å². The highest BCUT2D eigenvalue weighted by atomic mass is 15.3. The first-order valence-corrected chi connectivity index (χ1v) is 7.71. The molecule has 0 saturated carbocycles. The van der Waals surface area contributed by atoms with Crippen LogP contribution in [0.2, 0.25) is 0 Å². The second-order valence-corrected chi connectivity index (χ2v) is 6.96. The highest BCUT2D eigenvalue weighted by Crippen LogP contribution is 2.29. The summed E-state index contributed by atoms with van der Waals surface area (Å²) in [6.07, 6.45) is 5.11. The fourth-order valence-electron chi connectivity index (χ4n) is 2.55. The molecular formula is C18H27N3. The predicted molar refractivity (Wildman–Crippen MR) is 88.2 cm³/mol. The maximum Gasteiger partial charge on any atom is 0.0534 e. The molecule has 0 spiro atoms. The number of benzene rings is 1. The largest absolute Gasteiger partial charge is 0.308 e. The van der Waals surface area contributed by atoms with Gasteiger partial charge in [-0.2, -0.15) is 5.10 Å². The Morgan fingerprint density at radius 3 is 2.48 bits per heavy atom. The summed E-state index contributed by atoms with van der Waals surface area (Å²) in [6.45, 7) is 10.8. The van der Waals surface area contributed by atoms with E-state index in [1.807, 2.05) is 10.9 Å². The van der Waals surface area contributed by atoms with Crippen molar-refractivity contribution in [3.63, 3.8) is 0 Å². The number of nitrogens with zero attached hydrogens (tertiary/aromatic N) is 2. The van der Waals surface area contributed by atoms with Crippen LogP contribution in [0.5, 0.6) is 0 Å². The lowest BCUT2D eigenvalue weighted by Gasteiger charge is -2.27. The predicted octanol–water partition coefficient (Wildman–Crippen LogP) is 3.96. The van der Waals surface area contributed by atoms with E-state index in [1.54, 1.807) is 0 Å². The van der Waals surface area contributed by atoms with Crippen LogP contribution in [0.3, 0.4) is 0 Å². The van der Waals surface area contributed by atoms with Gasteiger partial charge < -0.3 is 5.32 Å². The molecule has 0 fully saturated rings. The second-order valence-electron chi connectivity index (χ2n) is 6.96. The molecule has 21 heavy (non-hydrogen) atoms. The summed E-state index contributed by atoms with van der Waals surface area (Å²) in [5.41, 5.74) is 2.88. The molecule has 3 heteroatoms. The zero-order valence-electron chi connectivity index (χ0n) is 13.6. The molecule has 114 valence electrons. The molecule has 0 aliphatic carbocycles. The van der Waals surface area contributed by atoms with Crippen LogP contribution in [0.15, 0.2) is 42.7 Å². The van der Waals surface area contributed by atoms with E-state index in [0.29, 0.717) is 11.5 Å². The number of rotatable bonds is 6. The molecule has 0 saturated heterocycles. The second kappa shape index (κ2) is 6.90. The Bertz CT molecular complexity index is 537. The summed E-state index contributed by atoms with van der Waals surface area (Å²) in [7, 11) is 0. The molecule has 0 aliphatic heterocycles. The number of aromatic nitrogens is 2. The highest BCUT2D eigenvalue weighted by Gasteiger charge is 2.19. The summed E-state index contributed by atoms with van der Waals surface area (Å²) in [4.78, 5) is 0. The lowest BCUT2D eigenvalue weighted by Crippen LogP contribution is -2.28. The molecule has 1 aromatic heterocycles. The molecule has 0 aliphatic rings. The average molecular weight is 285 g/mol. The van der Waals surface area contributed by atoms with Crippen LogP contribution in [0.1, 0.15) is 44.4 Å². The fraction of sp³-hybridized carbons (Fsp3) is 0.500. The molecule has 0 bridgehead atoms. The van der Waals surface area contributed by atoms with Crippen molar-refractivity contribution in [1.82, 2.24) is 15.1 Å². The van der Waals surface area contributed by atoms with E-state index in [2.05, 4.69) is 74.6 Å². The number of aryl methyl sites for hydroxylation is 1. The molecular weight excluding hydrogens is 258 g/mol. The smallest absolute Gasteiger partial charge is 0.0534 e. The van der Waals surface area contributed by atoms with E-state index >= 15 is 0 Å². The molecule has 2 aromatic rings. The van der Waals surface area contributed by atoms with Gasteiger partial charge >= 0.3 is 0 Å². The van der Waals surface area contributed by atoms with Gasteiger partial charge in [0, 0.05) is 18.8 Å². The lowest BCUT2D eigenvalue weighted by molar-refractivity contribution is 0.308. The summed E-state index contributed by atoms with van der Waals surface area (Å²) in [6, 6.07) is 11.1. The van der Waals surface area contributed by atoms with E-state index < -0.39 is 0 Å².